The Labute approximate surface area is 105 Å². The zero-order valence-electron chi connectivity index (χ0n) is 10.9. The summed E-state index contributed by atoms with van der Waals surface area (Å²) in [5.74, 6) is 0.998. The third-order valence-corrected chi connectivity index (χ3v) is 6.19. The lowest BCUT2D eigenvalue weighted by Crippen LogP contribution is -2.47. The fourth-order valence-electron chi connectivity index (χ4n) is 3.20. The molecule has 2 atom stereocenters. The van der Waals surface area contributed by atoms with Crippen molar-refractivity contribution in [1.82, 2.24) is 5.32 Å². The van der Waals surface area contributed by atoms with Gasteiger partial charge in [0.15, 0.2) is 0 Å². The maximum absolute atomic E-state index is 3.86. The second-order valence-electron chi connectivity index (χ2n) is 5.76. The van der Waals surface area contributed by atoms with E-state index in [2.05, 4.69) is 30.3 Å². The Morgan fingerprint density at radius 3 is 2.62 bits per heavy atom. The zero-order valence-corrected chi connectivity index (χ0v) is 11.7. The van der Waals surface area contributed by atoms with Gasteiger partial charge >= 0.3 is 0 Å². The highest BCUT2D eigenvalue weighted by atomic mass is 32.2. The van der Waals surface area contributed by atoms with Crippen LogP contribution in [-0.2, 0) is 0 Å². The number of hydrogen-bond donors (Lipinski definition) is 1. The number of rotatable bonds is 5. The van der Waals surface area contributed by atoms with Gasteiger partial charge in [-0.2, -0.15) is 11.8 Å². The van der Waals surface area contributed by atoms with Crippen molar-refractivity contribution >= 4 is 11.8 Å². The highest BCUT2D eigenvalue weighted by molar-refractivity contribution is 8.00. The van der Waals surface area contributed by atoms with Crippen LogP contribution in [-0.4, -0.2) is 23.6 Å². The van der Waals surface area contributed by atoms with Gasteiger partial charge in [0.1, 0.15) is 0 Å². The van der Waals surface area contributed by atoms with E-state index >= 15 is 0 Å². The summed E-state index contributed by atoms with van der Waals surface area (Å²) in [7, 11) is 0. The van der Waals surface area contributed by atoms with E-state index in [0.29, 0.717) is 4.75 Å². The largest absolute Gasteiger partial charge is 0.313 e. The van der Waals surface area contributed by atoms with Crippen LogP contribution in [0, 0.1) is 5.92 Å². The first kappa shape index (κ1) is 12.8. The van der Waals surface area contributed by atoms with Crippen molar-refractivity contribution in [3.63, 3.8) is 0 Å². The van der Waals surface area contributed by atoms with Gasteiger partial charge in [-0.15, -0.1) is 0 Å². The van der Waals surface area contributed by atoms with Crippen LogP contribution in [0.5, 0.6) is 0 Å². The maximum Gasteiger partial charge on any atom is 0.0281 e. The summed E-state index contributed by atoms with van der Waals surface area (Å²) in [5, 5.41) is 3.86. The Balaban J connectivity index is 1.72. The number of hydrogen-bond acceptors (Lipinski definition) is 2. The molecule has 2 fully saturated rings. The molecule has 0 heterocycles. The van der Waals surface area contributed by atoms with E-state index in [1.54, 1.807) is 0 Å². The molecule has 0 aromatic rings. The Morgan fingerprint density at radius 2 is 2.06 bits per heavy atom. The molecule has 16 heavy (non-hydrogen) atoms. The van der Waals surface area contributed by atoms with E-state index in [1.165, 1.54) is 57.9 Å². The lowest BCUT2D eigenvalue weighted by molar-refractivity contribution is 0.255. The maximum atomic E-state index is 3.86. The van der Waals surface area contributed by atoms with Gasteiger partial charge in [-0.25, -0.2) is 0 Å². The normalized spacial score (nSPS) is 33.4. The van der Waals surface area contributed by atoms with Gasteiger partial charge in [-0.3, -0.25) is 0 Å². The van der Waals surface area contributed by atoms with Crippen molar-refractivity contribution in [1.29, 1.82) is 0 Å². The van der Waals surface area contributed by atoms with Crippen molar-refractivity contribution < 1.29 is 0 Å². The highest BCUT2D eigenvalue weighted by Gasteiger charge is 2.36. The topological polar surface area (TPSA) is 12.0 Å². The molecule has 2 saturated carbocycles. The average molecular weight is 241 g/mol. The lowest BCUT2D eigenvalue weighted by atomic mass is 9.82. The van der Waals surface area contributed by atoms with Crippen LogP contribution in [0.15, 0.2) is 0 Å². The van der Waals surface area contributed by atoms with E-state index in [9.17, 15) is 0 Å². The molecule has 0 bridgehead atoms. The Kier molecular flexibility index (Phi) is 4.60. The van der Waals surface area contributed by atoms with Gasteiger partial charge < -0.3 is 5.32 Å². The first-order valence-corrected chi connectivity index (χ1v) is 8.29. The summed E-state index contributed by atoms with van der Waals surface area (Å²) >= 11 is 2.09. The molecule has 0 amide bonds. The summed E-state index contributed by atoms with van der Waals surface area (Å²) in [6.07, 6.45) is 13.8. The van der Waals surface area contributed by atoms with Crippen LogP contribution in [0.25, 0.3) is 0 Å². The molecule has 1 N–H and O–H groups in total. The molecule has 2 heteroatoms. The Bertz CT molecular complexity index is 207. The van der Waals surface area contributed by atoms with E-state index in [1.807, 2.05) is 0 Å². The fraction of sp³-hybridized carbons (Fsp3) is 1.00. The summed E-state index contributed by atoms with van der Waals surface area (Å²) in [6, 6.07) is 0.823. The van der Waals surface area contributed by atoms with Crippen LogP contribution >= 0.6 is 11.8 Å². The second kappa shape index (κ2) is 5.77. The minimum Gasteiger partial charge on any atom is -0.313 e. The van der Waals surface area contributed by atoms with Crippen LogP contribution in [0.3, 0.4) is 0 Å². The van der Waals surface area contributed by atoms with Crippen molar-refractivity contribution in [3.05, 3.63) is 0 Å². The van der Waals surface area contributed by atoms with E-state index in [4.69, 9.17) is 0 Å². The number of nitrogens with one attached hydrogen (secondary N) is 1. The third kappa shape index (κ3) is 2.95. The summed E-state index contributed by atoms with van der Waals surface area (Å²) < 4.78 is 0.610. The summed E-state index contributed by atoms with van der Waals surface area (Å²) in [6.45, 7) is 3.61. The predicted octanol–water partition coefficient (Wildman–Crippen LogP) is 3.83. The van der Waals surface area contributed by atoms with Gasteiger partial charge in [0, 0.05) is 17.3 Å². The molecule has 0 spiro atoms. The molecular formula is C14H27NS. The molecule has 0 aromatic heterocycles. The Hall–Kier alpha value is 0.310. The Morgan fingerprint density at radius 1 is 1.25 bits per heavy atom. The van der Waals surface area contributed by atoms with E-state index < -0.39 is 0 Å². The lowest BCUT2D eigenvalue weighted by Gasteiger charge is -2.42. The first-order chi connectivity index (χ1) is 7.78. The standard InChI is InChI=1S/C14H27NS/c1-3-12-6-4-7-13(10-12)15-11-14(16-2)8-5-9-14/h12-13,15H,3-11H2,1-2H3. The molecule has 0 saturated heterocycles. The van der Waals surface area contributed by atoms with Gasteiger partial charge in [0.05, 0.1) is 0 Å². The van der Waals surface area contributed by atoms with Crippen LogP contribution in [0.2, 0.25) is 0 Å². The van der Waals surface area contributed by atoms with Gasteiger partial charge in [-0.05, 0) is 37.9 Å². The van der Waals surface area contributed by atoms with Crippen LogP contribution in [0.4, 0.5) is 0 Å². The SMILES string of the molecule is CCC1CCCC(NCC2(SC)CCC2)C1. The van der Waals surface area contributed by atoms with Crippen molar-refractivity contribution in [2.75, 3.05) is 12.8 Å². The van der Waals surface area contributed by atoms with Crippen molar-refractivity contribution in [2.24, 2.45) is 5.92 Å². The molecule has 94 valence electrons. The molecule has 0 aliphatic heterocycles. The van der Waals surface area contributed by atoms with Gasteiger partial charge in [0.25, 0.3) is 0 Å². The van der Waals surface area contributed by atoms with Crippen molar-refractivity contribution in [3.8, 4) is 0 Å². The first-order valence-electron chi connectivity index (χ1n) is 7.06. The molecule has 2 aliphatic carbocycles. The third-order valence-electron chi connectivity index (χ3n) is 4.77. The van der Waals surface area contributed by atoms with E-state index in [-0.39, 0.29) is 0 Å². The molecule has 1 nitrogen and oxygen atoms in total. The molecule has 2 unspecified atom stereocenters. The highest BCUT2D eigenvalue weighted by Crippen LogP contribution is 2.42. The average Bonchev–Trinajstić information content (AvgIpc) is 2.29. The predicted molar refractivity (Wildman–Crippen MR) is 74.1 cm³/mol. The molecular weight excluding hydrogens is 214 g/mol. The van der Waals surface area contributed by atoms with E-state index in [0.717, 1.165) is 12.0 Å². The second-order valence-corrected chi connectivity index (χ2v) is 7.03. The zero-order chi connectivity index (χ0) is 11.4. The molecule has 2 rings (SSSR count). The monoisotopic (exact) mass is 241 g/mol. The molecule has 2 aliphatic rings. The van der Waals surface area contributed by atoms with Crippen LogP contribution in [0.1, 0.15) is 58.3 Å². The number of thioether (sulfide) groups is 1. The molecule has 0 radical (unpaired) electrons. The molecule has 0 aromatic carbocycles. The minimum absolute atomic E-state index is 0.610. The fourth-order valence-corrected chi connectivity index (χ4v) is 4.13. The summed E-state index contributed by atoms with van der Waals surface area (Å²) in [4.78, 5) is 0. The smallest absolute Gasteiger partial charge is 0.0281 e. The summed E-state index contributed by atoms with van der Waals surface area (Å²) in [5.41, 5.74) is 0. The minimum atomic E-state index is 0.610. The van der Waals surface area contributed by atoms with Gasteiger partial charge in [-0.1, -0.05) is 32.6 Å². The van der Waals surface area contributed by atoms with Gasteiger partial charge in [0.2, 0.25) is 0 Å². The van der Waals surface area contributed by atoms with Crippen molar-refractivity contribution in [2.45, 2.75) is 69.1 Å². The quantitative estimate of drug-likeness (QED) is 0.785. The van der Waals surface area contributed by atoms with Crippen LogP contribution < -0.4 is 5.32 Å².